The van der Waals surface area contributed by atoms with Crippen molar-refractivity contribution in [1.29, 1.82) is 0 Å². The zero-order valence-corrected chi connectivity index (χ0v) is 20.6. The Morgan fingerprint density at radius 2 is 0.947 bits per heavy atom. The van der Waals surface area contributed by atoms with E-state index in [2.05, 4.69) is 9.98 Å². The molecule has 0 amide bonds. The number of nitro groups is 2. The molecule has 4 aromatic carbocycles. The number of hydrogen-bond donors (Lipinski definition) is 2. The molecule has 2 N–H and O–H groups in total. The first-order valence-corrected chi connectivity index (χ1v) is 11.3. The van der Waals surface area contributed by atoms with E-state index in [-0.39, 0.29) is 22.9 Å². The maximum Gasteiger partial charge on any atom is 0.269 e. The Morgan fingerprint density at radius 1 is 0.605 bits per heavy atom. The van der Waals surface area contributed by atoms with Crippen LogP contribution in [-0.4, -0.2) is 32.5 Å². The monoisotopic (exact) mass is 512 g/mol. The van der Waals surface area contributed by atoms with Crippen molar-refractivity contribution in [3.05, 3.63) is 127 Å². The van der Waals surface area contributed by atoms with Crippen LogP contribution < -0.4 is 0 Å². The first-order chi connectivity index (χ1) is 18.1. The van der Waals surface area contributed by atoms with E-state index in [4.69, 9.17) is 0 Å². The van der Waals surface area contributed by atoms with Crippen LogP contribution in [0.5, 0.6) is 11.5 Å². The molecule has 0 unspecified atom stereocenters. The van der Waals surface area contributed by atoms with Gasteiger partial charge in [-0.2, -0.15) is 0 Å². The van der Waals surface area contributed by atoms with Crippen molar-refractivity contribution in [2.45, 2.75) is 13.8 Å². The van der Waals surface area contributed by atoms with Gasteiger partial charge >= 0.3 is 0 Å². The molecule has 0 heterocycles. The molecule has 0 saturated carbocycles. The molecule has 0 fully saturated rings. The molecule has 0 bridgehead atoms. The lowest BCUT2D eigenvalue weighted by molar-refractivity contribution is -0.385. The van der Waals surface area contributed by atoms with E-state index in [1.807, 2.05) is 26.0 Å². The third-order valence-electron chi connectivity index (χ3n) is 5.19. The summed E-state index contributed by atoms with van der Waals surface area (Å²) in [5.41, 5.74) is 4.48. The minimum Gasteiger partial charge on any atom is -0.507 e. The van der Waals surface area contributed by atoms with Gasteiger partial charge in [-0.25, -0.2) is 0 Å². The highest BCUT2D eigenvalue weighted by Crippen LogP contribution is 2.22. The standard InChI is InChI=1S/2C14H12N2O3/c2*1-10-2-7-14(17)11(8-10)9-15-12-3-5-13(6-4-12)16(18)19/h2*2-9,17H,1H3. The summed E-state index contributed by atoms with van der Waals surface area (Å²) < 4.78 is 0. The maximum atomic E-state index is 10.5. The van der Waals surface area contributed by atoms with Gasteiger partial charge in [0.25, 0.3) is 11.4 Å². The predicted octanol–water partition coefficient (Wildman–Crippen LogP) is 6.72. The number of hydrogen-bond acceptors (Lipinski definition) is 8. The number of phenolic OH excluding ortho intramolecular Hbond substituents is 2. The second-order valence-electron chi connectivity index (χ2n) is 8.19. The Balaban J connectivity index is 0.000000211. The molecule has 0 spiro atoms. The van der Waals surface area contributed by atoms with Crippen molar-refractivity contribution in [3.63, 3.8) is 0 Å². The second-order valence-corrected chi connectivity index (χ2v) is 8.19. The highest BCUT2D eigenvalue weighted by atomic mass is 16.6. The molecule has 0 saturated heterocycles. The largest absolute Gasteiger partial charge is 0.507 e. The number of rotatable bonds is 6. The number of aromatic hydroxyl groups is 2. The summed E-state index contributed by atoms with van der Waals surface area (Å²) in [5, 5.41) is 40.3. The van der Waals surface area contributed by atoms with Crippen molar-refractivity contribution in [2.24, 2.45) is 9.98 Å². The average Bonchev–Trinajstić information content (AvgIpc) is 2.90. The van der Waals surface area contributed by atoms with Crippen molar-refractivity contribution >= 4 is 35.2 Å². The summed E-state index contributed by atoms with van der Waals surface area (Å²) in [4.78, 5) is 28.4. The fraction of sp³-hybridized carbons (Fsp3) is 0.0714. The summed E-state index contributed by atoms with van der Waals surface area (Å²) >= 11 is 0. The number of phenols is 2. The summed E-state index contributed by atoms with van der Waals surface area (Å²) in [5.74, 6) is 0.299. The molecule has 4 aromatic rings. The van der Waals surface area contributed by atoms with E-state index in [0.29, 0.717) is 22.5 Å². The van der Waals surface area contributed by atoms with Gasteiger partial charge in [-0.3, -0.25) is 30.2 Å². The summed E-state index contributed by atoms with van der Waals surface area (Å²) in [6.45, 7) is 3.84. The van der Waals surface area contributed by atoms with E-state index in [0.717, 1.165) is 11.1 Å². The molecule has 0 aliphatic rings. The van der Waals surface area contributed by atoms with E-state index in [9.17, 15) is 30.4 Å². The smallest absolute Gasteiger partial charge is 0.269 e. The van der Waals surface area contributed by atoms with Crippen LogP contribution in [0.3, 0.4) is 0 Å². The van der Waals surface area contributed by atoms with E-state index < -0.39 is 9.85 Å². The lowest BCUT2D eigenvalue weighted by atomic mass is 10.1. The molecule has 10 nitrogen and oxygen atoms in total. The Labute approximate surface area is 218 Å². The van der Waals surface area contributed by atoms with Crippen molar-refractivity contribution < 1.29 is 20.1 Å². The number of non-ortho nitro benzene ring substituents is 2. The molecule has 0 aliphatic carbocycles. The first-order valence-electron chi connectivity index (χ1n) is 11.3. The van der Waals surface area contributed by atoms with Gasteiger partial charge in [0.2, 0.25) is 0 Å². The van der Waals surface area contributed by atoms with Crippen LogP contribution in [0.4, 0.5) is 22.7 Å². The van der Waals surface area contributed by atoms with Crippen LogP contribution in [0, 0.1) is 34.1 Å². The SMILES string of the molecule is Cc1ccc(O)c(C=Nc2ccc([N+](=O)[O-])cc2)c1.Cc1ccc(O)c(C=Nc2ccc([N+](=O)[O-])cc2)c1. The maximum absolute atomic E-state index is 10.5. The minimum atomic E-state index is -0.458. The third-order valence-corrected chi connectivity index (χ3v) is 5.19. The van der Waals surface area contributed by atoms with Crippen LogP contribution in [-0.2, 0) is 0 Å². The third kappa shape index (κ3) is 7.82. The number of aryl methyl sites for hydroxylation is 2. The first kappa shape index (κ1) is 27.2. The number of benzene rings is 4. The lowest BCUT2D eigenvalue weighted by Crippen LogP contribution is -1.86. The lowest BCUT2D eigenvalue weighted by Gasteiger charge is -2.00. The Kier molecular flexibility index (Phi) is 8.98. The van der Waals surface area contributed by atoms with E-state index in [1.165, 1.54) is 36.7 Å². The van der Waals surface area contributed by atoms with Gasteiger partial charge in [0.15, 0.2) is 0 Å². The Bertz CT molecular complexity index is 1380. The molecule has 0 aromatic heterocycles. The molecule has 10 heteroatoms. The number of nitro benzene ring substituents is 2. The van der Waals surface area contributed by atoms with Gasteiger partial charge in [0.05, 0.1) is 21.2 Å². The number of nitrogens with zero attached hydrogens (tertiary/aromatic N) is 4. The van der Waals surface area contributed by atoms with E-state index in [1.54, 1.807) is 48.5 Å². The second kappa shape index (κ2) is 12.5. The van der Waals surface area contributed by atoms with E-state index >= 15 is 0 Å². The van der Waals surface area contributed by atoms with Crippen molar-refractivity contribution in [2.75, 3.05) is 0 Å². The predicted molar refractivity (Wildman–Crippen MR) is 146 cm³/mol. The summed E-state index contributed by atoms with van der Waals surface area (Å²) in [6, 6.07) is 22.2. The molecular formula is C28H24N4O6. The van der Waals surface area contributed by atoms with Crippen LogP contribution in [0.1, 0.15) is 22.3 Å². The Hall–Kier alpha value is -5.38. The quantitative estimate of drug-likeness (QED) is 0.166. The van der Waals surface area contributed by atoms with Crippen LogP contribution in [0.25, 0.3) is 0 Å². The van der Waals surface area contributed by atoms with Gasteiger partial charge in [-0.15, -0.1) is 0 Å². The van der Waals surface area contributed by atoms with Crippen molar-refractivity contribution in [3.8, 4) is 11.5 Å². The van der Waals surface area contributed by atoms with Gasteiger partial charge in [0.1, 0.15) is 11.5 Å². The average molecular weight is 513 g/mol. The molecule has 192 valence electrons. The molecule has 0 radical (unpaired) electrons. The normalized spacial score (nSPS) is 10.8. The fourth-order valence-electron chi connectivity index (χ4n) is 3.16. The molecule has 38 heavy (non-hydrogen) atoms. The summed E-state index contributed by atoms with van der Waals surface area (Å²) in [7, 11) is 0. The van der Waals surface area contributed by atoms with Crippen molar-refractivity contribution in [1.82, 2.24) is 0 Å². The summed E-state index contributed by atoms with van der Waals surface area (Å²) in [6.07, 6.45) is 3.06. The van der Waals surface area contributed by atoms with Gasteiger partial charge < -0.3 is 10.2 Å². The molecule has 0 atom stereocenters. The fourth-order valence-corrected chi connectivity index (χ4v) is 3.16. The van der Waals surface area contributed by atoms with Crippen LogP contribution >= 0.6 is 0 Å². The topological polar surface area (TPSA) is 151 Å². The van der Waals surface area contributed by atoms with Crippen LogP contribution in [0.2, 0.25) is 0 Å². The van der Waals surface area contributed by atoms with Gasteiger partial charge in [-0.05, 0) is 62.4 Å². The molecular weight excluding hydrogens is 488 g/mol. The highest BCUT2D eigenvalue weighted by molar-refractivity contribution is 5.86. The number of aliphatic imine (C=N–C) groups is 2. The van der Waals surface area contributed by atoms with Crippen LogP contribution in [0.15, 0.2) is 94.9 Å². The van der Waals surface area contributed by atoms with Gasteiger partial charge in [-0.1, -0.05) is 23.3 Å². The highest BCUT2D eigenvalue weighted by Gasteiger charge is 2.04. The molecule has 4 rings (SSSR count). The zero-order valence-electron chi connectivity index (χ0n) is 20.6. The molecule has 0 aliphatic heterocycles. The minimum absolute atomic E-state index is 0.0253. The van der Waals surface area contributed by atoms with Gasteiger partial charge in [0, 0.05) is 47.8 Å². The Morgan fingerprint density at radius 3 is 1.26 bits per heavy atom. The zero-order chi connectivity index (χ0) is 27.7.